The number of nitrogens with one attached hydrogen (secondary N) is 3. The van der Waals surface area contributed by atoms with Crippen molar-refractivity contribution in [3.05, 3.63) is 28.2 Å². The van der Waals surface area contributed by atoms with Gasteiger partial charge in [0.15, 0.2) is 0 Å². The van der Waals surface area contributed by atoms with Gasteiger partial charge in [0.25, 0.3) is 5.91 Å². The summed E-state index contributed by atoms with van der Waals surface area (Å²) in [5.41, 5.74) is 20.1. The number of urea groups is 1. The molecule has 1 aromatic heterocycles. The van der Waals surface area contributed by atoms with Crippen LogP contribution >= 0.6 is 7.75 Å². The quantitative estimate of drug-likeness (QED) is 0.0674. The minimum absolute atomic E-state index is 0.0521. The number of nitrogens with two attached hydrogens (primary N) is 4. The molecule has 0 aromatic carbocycles. The molecule has 0 saturated carbocycles. The molecule has 0 bridgehead atoms. The van der Waals surface area contributed by atoms with Crippen molar-refractivity contribution in [1.29, 1.82) is 0 Å². The third-order valence-electron chi connectivity index (χ3n) is 6.81. The Balaban J connectivity index is 2.03. The Hall–Kier alpha value is -4.51. The third kappa shape index (κ3) is 11.9. The molecule has 7 amide bonds. The van der Waals surface area contributed by atoms with Crippen molar-refractivity contribution in [1.82, 2.24) is 24.9 Å². The van der Waals surface area contributed by atoms with Gasteiger partial charge in [-0.05, 0) is 18.9 Å². The van der Waals surface area contributed by atoms with Gasteiger partial charge in [-0.25, -0.2) is 14.2 Å². The van der Waals surface area contributed by atoms with Gasteiger partial charge >= 0.3 is 19.5 Å². The molecule has 14 N–H and O–H groups in total. The molecule has 1 saturated heterocycles. The van der Waals surface area contributed by atoms with E-state index in [1.54, 1.807) is 5.09 Å². The highest BCUT2D eigenvalue weighted by Crippen LogP contribution is 2.39. The van der Waals surface area contributed by atoms with Gasteiger partial charge in [-0.3, -0.25) is 42.7 Å². The Morgan fingerprint density at radius 2 is 1.67 bits per heavy atom. The lowest BCUT2D eigenvalue weighted by molar-refractivity contribution is -0.133. The van der Waals surface area contributed by atoms with Crippen LogP contribution in [0.2, 0.25) is 0 Å². The molecule has 1 unspecified atom stereocenters. The van der Waals surface area contributed by atoms with Crippen LogP contribution in [0.15, 0.2) is 22.1 Å². The Labute approximate surface area is 271 Å². The molecule has 268 valence electrons. The topological polar surface area (TPSA) is 378 Å². The molecule has 1 aromatic rings. The zero-order valence-corrected chi connectivity index (χ0v) is 26.5. The largest absolute Gasteiger partial charge is 0.432 e. The summed E-state index contributed by atoms with van der Waals surface area (Å²) in [6, 6.07) is -4.40. The van der Waals surface area contributed by atoms with Crippen LogP contribution in [0.25, 0.3) is 0 Å². The maximum absolute atomic E-state index is 12.9. The van der Waals surface area contributed by atoms with Crippen molar-refractivity contribution < 1.29 is 57.7 Å². The van der Waals surface area contributed by atoms with E-state index >= 15 is 0 Å². The van der Waals surface area contributed by atoms with Crippen molar-refractivity contribution >= 4 is 43.3 Å². The van der Waals surface area contributed by atoms with Gasteiger partial charge in [-0.15, -0.1) is 0 Å². The minimum Gasteiger partial charge on any atom is -0.394 e. The van der Waals surface area contributed by atoms with Gasteiger partial charge in [-0.2, -0.15) is 4.99 Å². The number of aliphatic hydroxyl groups is 2. The molecule has 1 aliphatic rings. The van der Waals surface area contributed by atoms with E-state index in [0.717, 1.165) is 9.13 Å². The molecule has 0 aliphatic carbocycles. The molecular weight excluding hydrogens is 667 g/mol. The summed E-state index contributed by atoms with van der Waals surface area (Å²) >= 11 is 0. The monoisotopic (exact) mass is 706 g/mol. The van der Waals surface area contributed by atoms with Crippen LogP contribution in [-0.4, -0.2) is 103 Å². The smallest absolute Gasteiger partial charge is 0.394 e. The van der Waals surface area contributed by atoms with Crippen molar-refractivity contribution in [2.24, 2.45) is 35.0 Å². The number of hydrogen-bond donors (Lipinski definition) is 10. The second-order valence-corrected chi connectivity index (χ2v) is 12.0. The number of carbonyl (C=O) groups is 6. The van der Waals surface area contributed by atoms with Crippen molar-refractivity contribution in [2.45, 2.75) is 68.7 Å². The summed E-state index contributed by atoms with van der Waals surface area (Å²) in [5, 5.41) is 26.0. The number of aliphatic hydroxyl groups excluding tert-OH is 2. The fraction of sp³-hybridized carbons (Fsp3) is 0.583. The highest BCUT2D eigenvalue weighted by molar-refractivity contribution is 7.51. The molecule has 2 rings (SSSR count). The van der Waals surface area contributed by atoms with Gasteiger partial charge in [0.1, 0.15) is 29.9 Å². The number of hydrogen-bond acceptors (Lipinski definition) is 13. The fourth-order valence-corrected chi connectivity index (χ4v) is 5.08. The number of ether oxygens (including phenoxy) is 1. The van der Waals surface area contributed by atoms with Crippen LogP contribution in [0.1, 0.15) is 38.3 Å². The number of carbonyl (C=O) groups excluding carboxylic acids is 6. The van der Waals surface area contributed by atoms with E-state index in [1.807, 2.05) is 0 Å². The SMILES string of the molecule is Cn1c(=O)n([C@H]2C[C@H](O)[C@@H](COP(=O)(O)NC(=O)[C@H](CO)NC(=O)[C@H](CCC(N)=O)NC(=O)[C@@H](N)CCC(N)=O)O2)cc/c1=N\C(N)=O. The first-order chi connectivity index (χ1) is 22.3. The maximum Gasteiger partial charge on any atom is 0.432 e. The Bertz CT molecular complexity index is 1560. The highest BCUT2D eigenvalue weighted by Gasteiger charge is 2.38. The van der Waals surface area contributed by atoms with E-state index in [2.05, 4.69) is 15.6 Å². The van der Waals surface area contributed by atoms with E-state index in [1.165, 1.54) is 19.3 Å². The summed E-state index contributed by atoms with van der Waals surface area (Å²) in [6.45, 7) is -1.87. The predicted octanol–water partition coefficient (Wildman–Crippen LogP) is -6.13. The first-order valence-corrected chi connectivity index (χ1v) is 15.7. The van der Waals surface area contributed by atoms with Crippen LogP contribution in [0.5, 0.6) is 0 Å². The molecule has 7 atom stereocenters. The Morgan fingerprint density at radius 3 is 2.25 bits per heavy atom. The number of aromatic nitrogens is 2. The average molecular weight is 707 g/mol. The van der Waals surface area contributed by atoms with Gasteiger partial charge in [0.05, 0.1) is 25.4 Å². The van der Waals surface area contributed by atoms with E-state index < -0.39 is 105 Å². The van der Waals surface area contributed by atoms with Gasteiger partial charge in [0, 0.05) is 32.5 Å². The van der Waals surface area contributed by atoms with Gasteiger partial charge in [-0.1, -0.05) is 0 Å². The Kier molecular flexibility index (Phi) is 14.5. The van der Waals surface area contributed by atoms with E-state index in [0.29, 0.717) is 0 Å². The van der Waals surface area contributed by atoms with Gasteiger partial charge < -0.3 is 53.4 Å². The summed E-state index contributed by atoms with van der Waals surface area (Å²) in [7, 11) is -3.73. The lowest BCUT2D eigenvalue weighted by Gasteiger charge is -2.24. The first-order valence-electron chi connectivity index (χ1n) is 14.1. The zero-order chi connectivity index (χ0) is 36.3. The van der Waals surface area contributed by atoms with E-state index in [4.69, 9.17) is 32.2 Å². The minimum atomic E-state index is -5.04. The van der Waals surface area contributed by atoms with Crippen molar-refractivity contribution in [3.63, 3.8) is 0 Å². The second-order valence-electron chi connectivity index (χ2n) is 10.5. The third-order valence-corrected chi connectivity index (χ3v) is 7.81. The summed E-state index contributed by atoms with van der Waals surface area (Å²) in [6.07, 6.45) is -3.74. The van der Waals surface area contributed by atoms with Crippen LogP contribution in [0.3, 0.4) is 0 Å². The zero-order valence-electron chi connectivity index (χ0n) is 25.6. The van der Waals surface area contributed by atoms with E-state index in [9.17, 15) is 53.2 Å². The molecule has 24 heteroatoms. The molecule has 1 fully saturated rings. The van der Waals surface area contributed by atoms with Crippen molar-refractivity contribution in [3.8, 4) is 0 Å². The average Bonchev–Trinajstić information content (AvgIpc) is 3.36. The number of rotatable bonds is 17. The summed E-state index contributed by atoms with van der Waals surface area (Å²) < 4.78 is 25.1. The molecule has 0 spiro atoms. The molecular formula is C24H39N10O13P. The molecule has 23 nitrogen and oxygen atoms in total. The Morgan fingerprint density at radius 1 is 1.06 bits per heavy atom. The predicted molar refractivity (Wildman–Crippen MR) is 159 cm³/mol. The number of nitrogens with zero attached hydrogens (tertiary/aromatic N) is 3. The fourth-order valence-electron chi connectivity index (χ4n) is 4.23. The van der Waals surface area contributed by atoms with Crippen LogP contribution < -0.4 is 49.8 Å². The first kappa shape index (κ1) is 39.7. The van der Waals surface area contributed by atoms with Gasteiger partial charge in [0.2, 0.25) is 23.6 Å². The molecule has 2 heterocycles. The normalized spacial score (nSPS) is 20.9. The van der Waals surface area contributed by atoms with Crippen molar-refractivity contribution in [2.75, 3.05) is 13.2 Å². The lowest BCUT2D eigenvalue weighted by Crippen LogP contribution is -2.56. The standard InChI is InChI=1S/C24H39N10O13P/c1-33-18(31-23(28)42)6-7-34(24(33)43)19-8-14(36)15(47-19)10-46-48(44,45)32-22(41)13(9-35)30-21(40)12(3-5-17(27)38)29-20(39)11(25)2-4-16(26)37/h6-7,11-15,19,35-36H,2-5,8-10,25H2,1H3,(H2,26,37)(H2,27,38)(H2,28,42)(H,29,39)(H,30,40)(H2,32,41,44,45)/b31-18+/t11-,12-,13-,14-,15+,19+/m0/s1. The van der Waals surface area contributed by atoms with Crippen LogP contribution in [0, 0.1) is 0 Å². The van der Waals surface area contributed by atoms with Crippen LogP contribution in [0.4, 0.5) is 4.79 Å². The summed E-state index contributed by atoms with van der Waals surface area (Å²) in [5.74, 6) is -4.99. The molecule has 0 radical (unpaired) electrons. The number of amides is 7. The summed E-state index contributed by atoms with van der Waals surface area (Å²) in [4.78, 5) is 97.6. The number of primary amides is 3. The van der Waals surface area contributed by atoms with Crippen LogP contribution in [-0.2, 0) is 44.8 Å². The molecule has 48 heavy (non-hydrogen) atoms. The highest BCUT2D eigenvalue weighted by atomic mass is 31.2. The molecule has 1 aliphatic heterocycles. The van der Waals surface area contributed by atoms with E-state index in [-0.39, 0.29) is 31.2 Å². The lowest BCUT2D eigenvalue weighted by atomic mass is 10.1. The second kappa shape index (κ2) is 17.6. The maximum atomic E-state index is 12.9.